The summed E-state index contributed by atoms with van der Waals surface area (Å²) in [6.45, 7) is 6.53. The second kappa shape index (κ2) is 67.8. The standard InChI is InChI=1S/C74H128O6/c1-4-7-10-13-16-19-22-25-28-31-33-35-37-39-41-43-46-49-52-55-58-61-64-67-73(76)79-70-71(69-78-72(75)66-63-60-57-54-51-48-45-30-27-24-21-18-15-12-9-6-3)80-74(77)68-65-62-59-56-53-50-47-44-42-40-38-36-34-32-29-26-23-20-17-14-11-8-5-2/h7,10,16,19,25,28,30,32-35,39,41,45-46,49,71H,4-6,8-9,11-15,17-18,20-24,26-27,29,31,36-38,40,42-44,47-48,50-70H2,1-3H3/b10-7-,19-16-,28-25-,34-32-,35-33-,41-39-,45-30-,49-46-. The van der Waals surface area contributed by atoms with Crippen molar-refractivity contribution in [2.75, 3.05) is 13.2 Å². The van der Waals surface area contributed by atoms with Crippen LogP contribution in [-0.4, -0.2) is 37.2 Å². The Morgan fingerprint density at radius 3 is 0.775 bits per heavy atom. The van der Waals surface area contributed by atoms with Gasteiger partial charge in [-0.3, -0.25) is 14.4 Å². The van der Waals surface area contributed by atoms with Gasteiger partial charge >= 0.3 is 17.9 Å². The number of esters is 3. The summed E-state index contributed by atoms with van der Waals surface area (Å²) in [6, 6.07) is 0. The molecule has 0 fully saturated rings. The van der Waals surface area contributed by atoms with Crippen molar-refractivity contribution in [2.45, 2.75) is 341 Å². The van der Waals surface area contributed by atoms with Crippen LogP contribution in [0.25, 0.3) is 0 Å². The summed E-state index contributed by atoms with van der Waals surface area (Å²) < 4.78 is 17.0. The number of carbonyl (C=O) groups excluding carboxylic acids is 3. The van der Waals surface area contributed by atoms with Gasteiger partial charge in [0.1, 0.15) is 13.2 Å². The molecule has 0 bridgehead atoms. The van der Waals surface area contributed by atoms with E-state index in [2.05, 4.69) is 118 Å². The molecule has 0 aliphatic heterocycles. The fraction of sp³-hybridized carbons (Fsp3) is 0.743. The molecular formula is C74H128O6. The number of carbonyl (C=O) groups is 3. The van der Waals surface area contributed by atoms with E-state index < -0.39 is 6.10 Å². The Bertz CT molecular complexity index is 1560. The molecule has 6 nitrogen and oxygen atoms in total. The lowest BCUT2D eigenvalue weighted by Gasteiger charge is -2.18. The van der Waals surface area contributed by atoms with Crippen molar-refractivity contribution >= 4 is 17.9 Å². The summed E-state index contributed by atoms with van der Waals surface area (Å²) in [6.07, 6.45) is 91.3. The Kier molecular flexibility index (Phi) is 64.7. The fourth-order valence-electron chi connectivity index (χ4n) is 9.67. The largest absolute Gasteiger partial charge is 0.462 e. The van der Waals surface area contributed by atoms with Gasteiger partial charge < -0.3 is 14.2 Å². The molecule has 0 aromatic rings. The quantitative estimate of drug-likeness (QED) is 0.0261. The van der Waals surface area contributed by atoms with E-state index in [1.165, 1.54) is 180 Å². The summed E-state index contributed by atoms with van der Waals surface area (Å²) in [5.74, 6) is -0.909. The molecule has 0 aromatic heterocycles. The molecule has 0 saturated carbocycles. The molecule has 6 heteroatoms. The number of unbranched alkanes of at least 4 members (excludes halogenated alkanes) is 35. The van der Waals surface area contributed by atoms with E-state index >= 15 is 0 Å². The van der Waals surface area contributed by atoms with Crippen LogP contribution in [0.1, 0.15) is 335 Å². The number of hydrogen-bond acceptors (Lipinski definition) is 6. The zero-order valence-electron chi connectivity index (χ0n) is 52.8. The monoisotopic (exact) mass is 1110 g/mol. The van der Waals surface area contributed by atoms with Gasteiger partial charge in [0, 0.05) is 19.3 Å². The predicted molar refractivity (Wildman–Crippen MR) is 348 cm³/mol. The molecule has 0 N–H and O–H groups in total. The van der Waals surface area contributed by atoms with Crippen LogP contribution in [0.4, 0.5) is 0 Å². The lowest BCUT2D eigenvalue weighted by atomic mass is 10.0. The molecule has 1 atom stereocenters. The second-order valence-electron chi connectivity index (χ2n) is 22.7. The van der Waals surface area contributed by atoms with Crippen molar-refractivity contribution in [3.63, 3.8) is 0 Å². The van der Waals surface area contributed by atoms with Crippen LogP contribution >= 0.6 is 0 Å². The zero-order valence-corrected chi connectivity index (χ0v) is 52.8. The molecule has 460 valence electrons. The van der Waals surface area contributed by atoms with Gasteiger partial charge in [-0.1, -0.05) is 291 Å². The summed E-state index contributed by atoms with van der Waals surface area (Å²) in [7, 11) is 0. The van der Waals surface area contributed by atoms with Crippen molar-refractivity contribution in [1.82, 2.24) is 0 Å². The smallest absolute Gasteiger partial charge is 0.306 e. The normalized spacial score (nSPS) is 12.7. The third-order valence-electron chi connectivity index (χ3n) is 14.8. The van der Waals surface area contributed by atoms with Crippen molar-refractivity contribution in [2.24, 2.45) is 0 Å². The minimum absolute atomic E-state index is 0.0892. The van der Waals surface area contributed by atoms with Gasteiger partial charge in [-0.25, -0.2) is 0 Å². The summed E-state index contributed by atoms with van der Waals surface area (Å²) in [5.41, 5.74) is 0. The third-order valence-corrected chi connectivity index (χ3v) is 14.8. The summed E-state index contributed by atoms with van der Waals surface area (Å²) in [4.78, 5) is 38.4. The van der Waals surface area contributed by atoms with Crippen LogP contribution in [0.5, 0.6) is 0 Å². The molecular weight excluding hydrogens is 985 g/mol. The molecule has 0 aliphatic rings. The maximum Gasteiger partial charge on any atom is 0.306 e. The van der Waals surface area contributed by atoms with Gasteiger partial charge in [0.25, 0.3) is 0 Å². The Morgan fingerprint density at radius 2 is 0.487 bits per heavy atom. The van der Waals surface area contributed by atoms with Crippen molar-refractivity contribution in [1.29, 1.82) is 0 Å². The number of hydrogen-bond donors (Lipinski definition) is 0. The van der Waals surface area contributed by atoms with Crippen LogP contribution in [-0.2, 0) is 28.6 Å². The fourth-order valence-corrected chi connectivity index (χ4v) is 9.67. The van der Waals surface area contributed by atoms with E-state index in [-0.39, 0.29) is 31.1 Å². The van der Waals surface area contributed by atoms with Crippen LogP contribution in [0, 0.1) is 0 Å². The molecule has 0 heterocycles. The van der Waals surface area contributed by atoms with E-state index in [9.17, 15) is 14.4 Å². The van der Waals surface area contributed by atoms with Gasteiger partial charge in [-0.05, 0) is 122 Å². The molecule has 0 saturated heterocycles. The van der Waals surface area contributed by atoms with Crippen LogP contribution in [0.15, 0.2) is 97.2 Å². The first-order valence-electron chi connectivity index (χ1n) is 34.2. The van der Waals surface area contributed by atoms with Crippen LogP contribution in [0.2, 0.25) is 0 Å². The topological polar surface area (TPSA) is 78.9 Å². The van der Waals surface area contributed by atoms with E-state index in [0.29, 0.717) is 19.3 Å². The Labute approximate surface area is 496 Å². The summed E-state index contributed by atoms with van der Waals surface area (Å²) in [5, 5.41) is 0. The lowest BCUT2D eigenvalue weighted by molar-refractivity contribution is -0.167. The van der Waals surface area contributed by atoms with Crippen molar-refractivity contribution in [3.05, 3.63) is 97.2 Å². The molecule has 1 unspecified atom stereocenters. The minimum atomic E-state index is -0.795. The third kappa shape index (κ3) is 65.1. The average molecular weight is 1110 g/mol. The average Bonchev–Trinajstić information content (AvgIpc) is 3.46. The van der Waals surface area contributed by atoms with E-state index in [4.69, 9.17) is 14.2 Å². The lowest BCUT2D eigenvalue weighted by Crippen LogP contribution is -2.30. The van der Waals surface area contributed by atoms with Gasteiger partial charge in [-0.2, -0.15) is 0 Å². The molecule has 0 rings (SSSR count). The van der Waals surface area contributed by atoms with E-state index in [0.717, 1.165) is 116 Å². The highest BCUT2D eigenvalue weighted by Crippen LogP contribution is 2.16. The van der Waals surface area contributed by atoms with Crippen molar-refractivity contribution < 1.29 is 28.6 Å². The highest BCUT2D eigenvalue weighted by atomic mass is 16.6. The first kappa shape index (κ1) is 76.3. The molecule has 0 aliphatic carbocycles. The van der Waals surface area contributed by atoms with Crippen molar-refractivity contribution in [3.8, 4) is 0 Å². The predicted octanol–water partition coefficient (Wildman–Crippen LogP) is 23.6. The zero-order chi connectivity index (χ0) is 57.8. The minimum Gasteiger partial charge on any atom is -0.462 e. The van der Waals surface area contributed by atoms with Crippen LogP contribution < -0.4 is 0 Å². The maximum atomic E-state index is 13.0. The van der Waals surface area contributed by atoms with Gasteiger partial charge in [0.05, 0.1) is 0 Å². The number of ether oxygens (including phenoxy) is 3. The Hall–Kier alpha value is -3.67. The Balaban J connectivity index is 4.41. The van der Waals surface area contributed by atoms with Gasteiger partial charge in [-0.15, -0.1) is 0 Å². The summed E-state index contributed by atoms with van der Waals surface area (Å²) >= 11 is 0. The molecule has 0 amide bonds. The first-order valence-corrected chi connectivity index (χ1v) is 34.2. The molecule has 80 heavy (non-hydrogen) atoms. The molecule has 0 aromatic carbocycles. The first-order chi connectivity index (χ1) is 39.5. The number of allylic oxidation sites excluding steroid dienone is 16. The van der Waals surface area contributed by atoms with Gasteiger partial charge in [0.2, 0.25) is 0 Å². The van der Waals surface area contributed by atoms with E-state index in [1.54, 1.807) is 0 Å². The Morgan fingerprint density at radius 1 is 0.263 bits per heavy atom. The number of rotatable bonds is 62. The second-order valence-corrected chi connectivity index (χ2v) is 22.7. The van der Waals surface area contributed by atoms with Crippen LogP contribution in [0.3, 0.4) is 0 Å². The highest BCUT2D eigenvalue weighted by Gasteiger charge is 2.19. The maximum absolute atomic E-state index is 13.0. The molecule has 0 spiro atoms. The van der Waals surface area contributed by atoms with E-state index in [1.807, 2.05) is 0 Å². The SMILES string of the molecule is CC/C=C\C/C=C\C/C=C\C/C=C\C/C=C\C/C=C\CCCCCCC(=O)OCC(COC(=O)CCCCCCC/C=C\CCCCCCCCC)OC(=O)CCCCCCCCCCCCC/C=C\CCCCCCCCCC. The molecule has 0 radical (unpaired) electrons. The highest BCUT2D eigenvalue weighted by molar-refractivity contribution is 5.71. The van der Waals surface area contributed by atoms with Gasteiger partial charge in [0.15, 0.2) is 6.10 Å².